The largest absolute Gasteiger partial charge is 0.497 e. The molecule has 0 aliphatic heterocycles. The van der Waals surface area contributed by atoms with Gasteiger partial charge in [0.1, 0.15) is 17.2 Å². The van der Waals surface area contributed by atoms with Crippen LogP contribution in [0, 0.1) is 0 Å². The summed E-state index contributed by atoms with van der Waals surface area (Å²) in [4.78, 5) is 0. The first-order chi connectivity index (χ1) is 9.80. The van der Waals surface area contributed by atoms with E-state index in [2.05, 4.69) is 13.8 Å². The molecule has 20 heavy (non-hydrogen) atoms. The summed E-state index contributed by atoms with van der Waals surface area (Å²) in [5.41, 5.74) is 0. The van der Waals surface area contributed by atoms with Gasteiger partial charge >= 0.3 is 0 Å². The first-order valence-corrected chi connectivity index (χ1v) is 7.17. The summed E-state index contributed by atoms with van der Waals surface area (Å²) >= 11 is 0. The molecule has 0 saturated heterocycles. The van der Waals surface area contributed by atoms with Gasteiger partial charge in [-0.3, -0.25) is 0 Å². The fourth-order valence-electron chi connectivity index (χ4n) is 1.62. The van der Waals surface area contributed by atoms with Gasteiger partial charge in [-0.25, -0.2) is 0 Å². The molecular formula is C18H24O2. The summed E-state index contributed by atoms with van der Waals surface area (Å²) in [5, 5.41) is 0. The first kappa shape index (κ1) is 16.1. The quantitative estimate of drug-likeness (QED) is 0.696. The summed E-state index contributed by atoms with van der Waals surface area (Å²) in [7, 11) is 1.65. The average molecular weight is 272 g/mol. The predicted molar refractivity (Wildman–Crippen MR) is 84.7 cm³/mol. The van der Waals surface area contributed by atoms with E-state index in [1.807, 2.05) is 54.6 Å². The zero-order valence-corrected chi connectivity index (χ0v) is 12.6. The maximum Gasteiger partial charge on any atom is 0.127 e. The summed E-state index contributed by atoms with van der Waals surface area (Å²) in [6.07, 6.45) is 4.08. The van der Waals surface area contributed by atoms with Gasteiger partial charge in [0.25, 0.3) is 0 Å². The van der Waals surface area contributed by atoms with Gasteiger partial charge in [-0.05, 0) is 36.4 Å². The molecule has 2 heteroatoms. The molecule has 2 aromatic rings. The zero-order valence-electron chi connectivity index (χ0n) is 12.6. The molecule has 0 fully saturated rings. The summed E-state index contributed by atoms with van der Waals surface area (Å²) < 4.78 is 10.7. The van der Waals surface area contributed by atoms with E-state index in [0.717, 1.165) is 17.2 Å². The zero-order chi connectivity index (χ0) is 14.6. The normalized spacial score (nSPS) is 9.35. The van der Waals surface area contributed by atoms with Crippen LogP contribution in [0.5, 0.6) is 17.2 Å². The van der Waals surface area contributed by atoms with Crippen molar-refractivity contribution in [1.29, 1.82) is 0 Å². The Bertz CT molecular complexity index is 447. The fourth-order valence-corrected chi connectivity index (χ4v) is 1.62. The van der Waals surface area contributed by atoms with Gasteiger partial charge in [-0.2, -0.15) is 0 Å². The lowest BCUT2D eigenvalue weighted by molar-refractivity contribution is 0.413. The van der Waals surface area contributed by atoms with Crippen LogP contribution in [0.3, 0.4) is 0 Å². The van der Waals surface area contributed by atoms with Crippen LogP contribution in [-0.4, -0.2) is 7.11 Å². The van der Waals surface area contributed by atoms with Crippen LogP contribution < -0.4 is 9.47 Å². The van der Waals surface area contributed by atoms with Crippen molar-refractivity contribution in [3.8, 4) is 17.2 Å². The third-order valence-corrected chi connectivity index (χ3v) is 2.75. The van der Waals surface area contributed by atoms with Gasteiger partial charge in [0, 0.05) is 0 Å². The van der Waals surface area contributed by atoms with Gasteiger partial charge in [0.15, 0.2) is 0 Å². The van der Waals surface area contributed by atoms with Gasteiger partial charge in [-0.1, -0.05) is 51.3 Å². The fraction of sp³-hybridized carbons (Fsp3) is 0.333. The van der Waals surface area contributed by atoms with Crippen molar-refractivity contribution in [1.82, 2.24) is 0 Å². The van der Waals surface area contributed by atoms with E-state index >= 15 is 0 Å². The van der Waals surface area contributed by atoms with Crippen molar-refractivity contribution in [2.45, 2.75) is 33.1 Å². The maximum absolute atomic E-state index is 5.62. The second-order valence-corrected chi connectivity index (χ2v) is 4.44. The summed E-state index contributed by atoms with van der Waals surface area (Å²) in [5.74, 6) is 2.47. The molecule has 0 N–H and O–H groups in total. The standard InChI is InChI=1S/C13H12O2.C5H12/c1-14-11-7-9-13(10-8-11)15-12-5-3-2-4-6-12;1-3-5-4-2/h2-10H,1H3;3-5H2,1-2H3. The molecule has 0 unspecified atom stereocenters. The highest BCUT2D eigenvalue weighted by Crippen LogP contribution is 2.23. The Kier molecular flexibility index (Phi) is 7.97. The predicted octanol–water partition coefficient (Wildman–Crippen LogP) is 5.68. The van der Waals surface area contributed by atoms with E-state index < -0.39 is 0 Å². The Morgan fingerprint density at radius 2 is 1.20 bits per heavy atom. The molecule has 0 saturated carbocycles. The van der Waals surface area contributed by atoms with Gasteiger partial charge in [-0.15, -0.1) is 0 Å². The van der Waals surface area contributed by atoms with E-state index in [1.165, 1.54) is 19.3 Å². The minimum atomic E-state index is 0.807. The Morgan fingerprint density at radius 1 is 0.700 bits per heavy atom. The second-order valence-electron chi connectivity index (χ2n) is 4.44. The molecule has 2 rings (SSSR count). The minimum Gasteiger partial charge on any atom is -0.497 e. The molecule has 0 aliphatic rings. The number of hydrogen-bond donors (Lipinski definition) is 0. The van der Waals surface area contributed by atoms with Crippen LogP contribution in [0.2, 0.25) is 0 Å². The number of methoxy groups -OCH3 is 1. The Morgan fingerprint density at radius 3 is 1.65 bits per heavy atom. The van der Waals surface area contributed by atoms with E-state index in [9.17, 15) is 0 Å². The molecule has 0 aromatic heterocycles. The lowest BCUT2D eigenvalue weighted by Crippen LogP contribution is -1.85. The van der Waals surface area contributed by atoms with Gasteiger partial charge in [0.05, 0.1) is 7.11 Å². The number of hydrogen-bond acceptors (Lipinski definition) is 2. The third-order valence-electron chi connectivity index (χ3n) is 2.75. The van der Waals surface area contributed by atoms with Crippen LogP contribution in [-0.2, 0) is 0 Å². The number of rotatable bonds is 5. The Balaban J connectivity index is 0.000000347. The minimum absolute atomic E-state index is 0.807. The van der Waals surface area contributed by atoms with Crippen LogP contribution in [0.4, 0.5) is 0 Å². The first-order valence-electron chi connectivity index (χ1n) is 7.17. The molecule has 2 nitrogen and oxygen atoms in total. The van der Waals surface area contributed by atoms with Crippen molar-refractivity contribution >= 4 is 0 Å². The highest BCUT2D eigenvalue weighted by molar-refractivity contribution is 5.35. The molecule has 108 valence electrons. The third kappa shape index (κ3) is 6.28. The average Bonchev–Trinajstić information content (AvgIpc) is 2.50. The Hall–Kier alpha value is -1.96. The van der Waals surface area contributed by atoms with E-state index in [0.29, 0.717) is 0 Å². The van der Waals surface area contributed by atoms with Crippen LogP contribution >= 0.6 is 0 Å². The monoisotopic (exact) mass is 272 g/mol. The topological polar surface area (TPSA) is 18.5 Å². The number of ether oxygens (including phenoxy) is 2. The molecule has 2 aromatic carbocycles. The van der Waals surface area contributed by atoms with Crippen LogP contribution in [0.25, 0.3) is 0 Å². The van der Waals surface area contributed by atoms with Crippen LogP contribution in [0.1, 0.15) is 33.1 Å². The summed E-state index contributed by atoms with van der Waals surface area (Å²) in [6, 6.07) is 17.2. The molecular weight excluding hydrogens is 248 g/mol. The van der Waals surface area contributed by atoms with Crippen molar-refractivity contribution in [2.24, 2.45) is 0 Å². The molecule has 0 radical (unpaired) electrons. The SMILES string of the molecule is CCCCC.COc1ccc(Oc2ccccc2)cc1. The second kappa shape index (κ2) is 9.90. The van der Waals surface area contributed by atoms with E-state index in [-0.39, 0.29) is 0 Å². The lowest BCUT2D eigenvalue weighted by atomic mass is 10.3. The van der Waals surface area contributed by atoms with Crippen molar-refractivity contribution in [3.05, 3.63) is 54.6 Å². The number of para-hydroxylation sites is 1. The smallest absolute Gasteiger partial charge is 0.127 e. The molecule has 0 heterocycles. The molecule has 0 atom stereocenters. The van der Waals surface area contributed by atoms with Gasteiger partial charge in [0.2, 0.25) is 0 Å². The van der Waals surface area contributed by atoms with Gasteiger partial charge < -0.3 is 9.47 Å². The van der Waals surface area contributed by atoms with Crippen molar-refractivity contribution in [3.63, 3.8) is 0 Å². The van der Waals surface area contributed by atoms with Crippen LogP contribution in [0.15, 0.2) is 54.6 Å². The molecule has 0 spiro atoms. The van der Waals surface area contributed by atoms with Crippen molar-refractivity contribution < 1.29 is 9.47 Å². The molecule has 0 aliphatic carbocycles. The molecule has 0 bridgehead atoms. The lowest BCUT2D eigenvalue weighted by Gasteiger charge is -2.05. The maximum atomic E-state index is 5.62. The number of benzene rings is 2. The van der Waals surface area contributed by atoms with E-state index in [1.54, 1.807) is 7.11 Å². The summed E-state index contributed by atoms with van der Waals surface area (Å²) in [6.45, 7) is 4.42. The molecule has 0 amide bonds. The van der Waals surface area contributed by atoms with Crippen molar-refractivity contribution in [2.75, 3.05) is 7.11 Å². The Labute approximate surface area is 122 Å². The highest BCUT2D eigenvalue weighted by Gasteiger charge is 1.96. The highest BCUT2D eigenvalue weighted by atomic mass is 16.5. The van der Waals surface area contributed by atoms with E-state index in [4.69, 9.17) is 9.47 Å². The number of unbranched alkanes of at least 4 members (excludes halogenated alkanes) is 2.